The molecule has 1 aromatic carbocycles. The Labute approximate surface area is 121 Å². The third kappa shape index (κ3) is 4.45. The van der Waals surface area contributed by atoms with E-state index in [1.807, 2.05) is 6.26 Å². The minimum Gasteiger partial charge on any atom is -0.383 e. The van der Waals surface area contributed by atoms with Gasteiger partial charge in [-0.25, -0.2) is 8.78 Å². The number of carbonyl (C=O) groups excluding carboxylic acids is 1. The molecule has 1 rings (SSSR count). The fourth-order valence-corrected chi connectivity index (χ4v) is 2.43. The van der Waals surface area contributed by atoms with Gasteiger partial charge in [0, 0.05) is 23.3 Å². The summed E-state index contributed by atoms with van der Waals surface area (Å²) in [5.41, 5.74) is -1.64. The van der Waals surface area contributed by atoms with Crippen LogP contribution in [0.25, 0.3) is 0 Å². The Hall–Kier alpha value is -1.14. The number of amides is 1. The van der Waals surface area contributed by atoms with Crippen molar-refractivity contribution in [2.45, 2.75) is 19.4 Å². The summed E-state index contributed by atoms with van der Waals surface area (Å²) in [6.07, 6.45) is 1.90. The minimum absolute atomic E-state index is 0.0447. The molecule has 0 heterocycles. The zero-order chi connectivity index (χ0) is 15.3. The topological polar surface area (TPSA) is 49.3 Å². The van der Waals surface area contributed by atoms with E-state index in [0.29, 0.717) is 11.8 Å². The Kier molecular flexibility index (Phi) is 5.95. The number of thioether (sulfide) groups is 1. The Balaban J connectivity index is 2.72. The molecule has 0 saturated carbocycles. The van der Waals surface area contributed by atoms with Crippen molar-refractivity contribution in [2.75, 3.05) is 18.6 Å². The van der Waals surface area contributed by atoms with Gasteiger partial charge in [-0.3, -0.25) is 4.79 Å². The van der Waals surface area contributed by atoms with Gasteiger partial charge < -0.3 is 10.4 Å². The second-order valence-corrected chi connectivity index (χ2v) is 5.88. The maximum Gasteiger partial charge on any atom is 0.223 e. The number of hydrogen-bond donors (Lipinski definition) is 2. The smallest absolute Gasteiger partial charge is 0.223 e. The van der Waals surface area contributed by atoms with Crippen LogP contribution >= 0.6 is 11.8 Å². The maximum atomic E-state index is 13.6. The normalized spacial score (nSPS) is 15.5. The first-order valence-corrected chi connectivity index (χ1v) is 7.62. The summed E-state index contributed by atoms with van der Waals surface area (Å²) in [6.45, 7) is 3.02. The molecule has 2 atom stereocenters. The molecule has 3 nitrogen and oxygen atoms in total. The summed E-state index contributed by atoms with van der Waals surface area (Å²) < 4.78 is 26.5. The van der Waals surface area contributed by atoms with Gasteiger partial charge in [-0.05, 0) is 19.2 Å². The largest absolute Gasteiger partial charge is 0.383 e. The van der Waals surface area contributed by atoms with Gasteiger partial charge in [-0.2, -0.15) is 11.8 Å². The highest BCUT2D eigenvalue weighted by Crippen LogP contribution is 2.23. The van der Waals surface area contributed by atoms with Gasteiger partial charge in [0.25, 0.3) is 0 Å². The quantitative estimate of drug-likeness (QED) is 0.848. The second-order valence-electron chi connectivity index (χ2n) is 4.97. The van der Waals surface area contributed by atoms with Crippen molar-refractivity contribution < 1.29 is 18.7 Å². The summed E-state index contributed by atoms with van der Waals surface area (Å²) in [5, 5.41) is 12.8. The number of hydrogen-bond acceptors (Lipinski definition) is 3. The molecular weight excluding hydrogens is 284 g/mol. The van der Waals surface area contributed by atoms with E-state index in [1.165, 1.54) is 13.0 Å². The molecule has 0 fully saturated rings. The van der Waals surface area contributed by atoms with E-state index in [1.54, 1.807) is 18.7 Å². The van der Waals surface area contributed by atoms with Gasteiger partial charge in [0.05, 0.1) is 6.54 Å². The highest BCUT2D eigenvalue weighted by Gasteiger charge is 2.28. The van der Waals surface area contributed by atoms with Gasteiger partial charge >= 0.3 is 0 Å². The summed E-state index contributed by atoms with van der Waals surface area (Å²) >= 11 is 1.55. The molecule has 6 heteroatoms. The molecule has 1 amide bonds. The van der Waals surface area contributed by atoms with Gasteiger partial charge in [-0.15, -0.1) is 0 Å². The molecule has 0 spiro atoms. The first-order valence-electron chi connectivity index (χ1n) is 6.22. The van der Waals surface area contributed by atoms with Gasteiger partial charge in [0.2, 0.25) is 5.91 Å². The number of carbonyl (C=O) groups is 1. The minimum atomic E-state index is -1.59. The van der Waals surface area contributed by atoms with E-state index >= 15 is 0 Å². The first kappa shape index (κ1) is 16.9. The van der Waals surface area contributed by atoms with E-state index in [-0.39, 0.29) is 23.9 Å². The Morgan fingerprint density at radius 3 is 2.70 bits per heavy atom. The van der Waals surface area contributed by atoms with E-state index in [0.717, 1.165) is 6.07 Å². The third-order valence-corrected chi connectivity index (χ3v) is 3.82. The number of halogens is 2. The van der Waals surface area contributed by atoms with Gasteiger partial charge in [0.15, 0.2) is 0 Å². The molecule has 0 saturated heterocycles. The van der Waals surface area contributed by atoms with Crippen LogP contribution < -0.4 is 5.32 Å². The van der Waals surface area contributed by atoms with Crippen LogP contribution in [-0.4, -0.2) is 29.6 Å². The average molecular weight is 303 g/mol. The molecule has 0 radical (unpaired) electrons. The maximum absolute atomic E-state index is 13.6. The van der Waals surface area contributed by atoms with Crippen LogP contribution in [0.2, 0.25) is 0 Å². The lowest BCUT2D eigenvalue weighted by Crippen LogP contribution is -2.41. The fourth-order valence-electron chi connectivity index (χ4n) is 1.78. The summed E-state index contributed by atoms with van der Waals surface area (Å²) in [4.78, 5) is 11.8. The zero-order valence-electron chi connectivity index (χ0n) is 11.7. The number of nitrogens with one attached hydrogen (secondary N) is 1. The molecule has 0 aromatic heterocycles. The van der Waals surface area contributed by atoms with E-state index in [4.69, 9.17) is 0 Å². The number of rotatable bonds is 6. The van der Waals surface area contributed by atoms with Crippen molar-refractivity contribution in [1.82, 2.24) is 5.32 Å². The van der Waals surface area contributed by atoms with Gasteiger partial charge in [-0.1, -0.05) is 13.0 Å². The summed E-state index contributed by atoms with van der Waals surface area (Å²) in [5.74, 6) is -1.28. The van der Waals surface area contributed by atoms with Crippen molar-refractivity contribution in [2.24, 2.45) is 5.92 Å². The summed E-state index contributed by atoms with van der Waals surface area (Å²) in [6, 6.07) is 2.97. The van der Waals surface area contributed by atoms with Crippen LogP contribution in [0.15, 0.2) is 18.2 Å². The Morgan fingerprint density at radius 1 is 1.50 bits per heavy atom. The third-order valence-electron chi connectivity index (χ3n) is 2.98. The average Bonchev–Trinajstić information content (AvgIpc) is 2.35. The molecule has 20 heavy (non-hydrogen) atoms. The Bertz CT molecular complexity index is 480. The van der Waals surface area contributed by atoms with Crippen molar-refractivity contribution in [3.63, 3.8) is 0 Å². The van der Waals surface area contributed by atoms with Crippen LogP contribution in [0.5, 0.6) is 0 Å². The standard InChI is InChI=1S/C14H19F2NO2S/c1-9(7-20-3)13(18)17-8-14(2,19)11-5-4-10(15)6-12(11)16/h4-6,9,19H,7-8H2,1-3H3,(H,17,18)/t9-,14+/m1/s1. The van der Waals surface area contributed by atoms with Crippen molar-refractivity contribution in [3.8, 4) is 0 Å². The molecule has 0 aliphatic carbocycles. The van der Waals surface area contributed by atoms with E-state index < -0.39 is 17.2 Å². The highest BCUT2D eigenvalue weighted by molar-refractivity contribution is 7.98. The molecule has 0 aliphatic heterocycles. The van der Waals surface area contributed by atoms with E-state index in [9.17, 15) is 18.7 Å². The SMILES string of the molecule is CSC[C@@H](C)C(=O)NC[C@](C)(O)c1ccc(F)cc1F. The van der Waals surface area contributed by atoms with Crippen LogP contribution in [0.1, 0.15) is 19.4 Å². The van der Waals surface area contributed by atoms with Crippen LogP contribution in [0, 0.1) is 17.6 Å². The lowest BCUT2D eigenvalue weighted by molar-refractivity contribution is -0.125. The molecule has 1 aromatic rings. The van der Waals surface area contributed by atoms with E-state index in [2.05, 4.69) is 5.32 Å². The van der Waals surface area contributed by atoms with Crippen LogP contribution in [0.3, 0.4) is 0 Å². The highest BCUT2D eigenvalue weighted by atomic mass is 32.2. The predicted octanol–water partition coefficient (Wildman–Crippen LogP) is 2.29. The predicted molar refractivity (Wildman–Crippen MR) is 76.5 cm³/mol. The second kappa shape index (κ2) is 7.04. The van der Waals surface area contributed by atoms with Crippen LogP contribution in [-0.2, 0) is 10.4 Å². The van der Waals surface area contributed by atoms with Crippen molar-refractivity contribution in [1.29, 1.82) is 0 Å². The van der Waals surface area contributed by atoms with Crippen LogP contribution in [0.4, 0.5) is 8.78 Å². The van der Waals surface area contributed by atoms with Gasteiger partial charge in [0.1, 0.15) is 17.2 Å². The Morgan fingerprint density at radius 2 is 2.15 bits per heavy atom. The zero-order valence-corrected chi connectivity index (χ0v) is 12.6. The lowest BCUT2D eigenvalue weighted by atomic mass is 9.95. The first-order chi connectivity index (χ1) is 9.27. The monoisotopic (exact) mass is 303 g/mol. The number of benzene rings is 1. The summed E-state index contributed by atoms with van der Waals surface area (Å²) in [7, 11) is 0. The number of aliphatic hydroxyl groups is 1. The molecular formula is C14H19F2NO2S. The molecule has 2 N–H and O–H groups in total. The van der Waals surface area contributed by atoms with Crippen molar-refractivity contribution >= 4 is 17.7 Å². The molecule has 0 unspecified atom stereocenters. The lowest BCUT2D eigenvalue weighted by Gasteiger charge is -2.25. The molecule has 0 bridgehead atoms. The molecule has 112 valence electrons. The molecule has 0 aliphatic rings. The van der Waals surface area contributed by atoms with Crippen molar-refractivity contribution in [3.05, 3.63) is 35.4 Å². The fraction of sp³-hybridized carbons (Fsp3) is 0.500.